The summed E-state index contributed by atoms with van der Waals surface area (Å²) in [7, 11) is 0. The zero-order valence-corrected chi connectivity index (χ0v) is 26.8. The number of nitrogens with one attached hydrogen (secondary N) is 2. The van der Waals surface area contributed by atoms with Gasteiger partial charge in [0.05, 0.1) is 54.5 Å². The summed E-state index contributed by atoms with van der Waals surface area (Å²) >= 11 is 0. The van der Waals surface area contributed by atoms with Gasteiger partial charge in [0.25, 0.3) is 11.7 Å². The fourth-order valence-electron chi connectivity index (χ4n) is 7.03. The Labute approximate surface area is 273 Å². The summed E-state index contributed by atoms with van der Waals surface area (Å²) in [4.78, 5) is 38.0. The molecule has 4 atom stereocenters. The molecule has 262 valence electrons. The zero-order chi connectivity index (χ0) is 34.2. The van der Waals surface area contributed by atoms with Crippen LogP contribution in [0.15, 0.2) is 18.5 Å². The lowest BCUT2D eigenvalue weighted by Crippen LogP contribution is -2.47. The fraction of sp³-hybridized carbons (Fsp3) is 0.677. The minimum Gasteiger partial charge on any atom is -0.379 e. The van der Waals surface area contributed by atoms with Gasteiger partial charge in [-0.15, -0.1) is 0 Å². The van der Waals surface area contributed by atoms with E-state index in [0.29, 0.717) is 55.6 Å². The predicted molar refractivity (Wildman–Crippen MR) is 161 cm³/mol. The van der Waals surface area contributed by atoms with Gasteiger partial charge in [-0.2, -0.15) is 23.4 Å². The van der Waals surface area contributed by atoms with Crippen LogP contribution in [0.3, 0.4) is 0 Å². The number of aromatic nitrogens is 6. The lowest BCUT2D eigenvalue weighted by Gasteiger charge is -2.33. The van der Waals surface area contributed by atoms with Crippen LogP contribution in [0.1, 0.15) is 85.6 Å². The highest BCUT2D eigenvalue weighted by Gasteiger charge is 2.45. The summed E-state index contributed by atoms with van der Waals surface area (Å²) < 4.78 is 77.7. The van der Waals surface area contributed by atoms with Crippen molar-refractivity contribution in [3.05, 3.63) is 41.2 Å². The summed E-state index contributed by atoms with van der Waals surface area (Å²) in [5.41, 5.74) is 1.53. The van der Waals surface area contributed by atoms with Crippen LogP contribution in [-0.2, 0) is 22.5 Å². The molecule has 3 aliphatic rings. The molecule has 0 spiro atoms. The monoisotopic (exact) mass is 681 g/mol. The van der Waals surface area contributed by atoms with E-state index in [1.165, 1.54) is 15.4 Å². The number of hydrogen-bond acceptors (Lipinski definition) is 8. The lowest BCUT2D eigenvalue weighted by molar-refractivity contribution is -0.183. The molecule has 3 aromatic rings. The molecule has 0 bridgehead atoms. The van der Waals surface area contributed by atoms with Crippen LogP contribution >= 0.6 is 0 Å². The molecule has 2 aliphatic heterocycles. The maximum absolute atomic E-state index is 14.2. The summed E-state index contributed by atoms with van der Waals surface area (Å²) in [5, 5.41) is 14.3. The lowest BCUT2D eigenvalue weighted by atomic mass is 9.81. The SMILES string of the molecule is CCn1nccc1C(=O)N[C@H](c1cn2nc(C[C@H]3C[C@@H](C(F)(F)F)CNC3=O)c([C@H](C)N3CCOCC3)nc2n1)C1CCC(F)(F)CC1. The van der Waals surface area contributed by atoms with E-state index in [-0.39, 0.29) is 56.3 Å². The number of morpholine rings is 1. The first-order chi connectivity index (χ1) is 22.8. The molecule has 17 heteroatoms. The molecule has 2 N–H and O–H groups in total. The molecule has 48 heavy (non-hydrogen) atoms. The Morgan fingerprint density at radius 2 is 1.92 bits per heavy atom. The standard InChI is InChI=1S/C31H40F5N9O3/c1-3-44-24(6-9-38-44)28(47)40-26(19-4-7-30(32,33)8-5-19)23-17-45-29(39-23)41-25(18(2)43-10-12-48-13-11-43)22(42-45)15-20-14-21(31(34,35)36)16-37-27(20)46/h6,9,17-21,26H,3-5,7-8,10-16H2,1-2H3,(H,37,46)(H,40,47)/t18-,20+,21+,26-/m0/s1. The number of alkyl halides is 5. The van der Waals surface area contributed by atoms with Gasteiger partial charge in [-0.3, -0.25) is 19.2 Å². The highest BCUT2D eigenvalue weighted by molar-refractivity contribution is 5.92. The van der Waals surface area contributed by atoms with Crippen LogP contribution in [0.5, 0.6) is 0 Å². The van der Waals surface area contributed by atoms with Gasteiger partial charge in [-0.25, -0.2) is 23.3 Å². The molecule has 5 heterocycles. The summed E-state index contributed by atoms with van der Waals surface area (Å²) in [6, 6.07) is 0.503. The maximum Gasteiger partial charge on any atom is 0.393 e. The molecule has 1 saturated carbocycles. The second-order valence-corrected chi connectivity index (χ2v) is 13.0. The minimum atomic E-state index is -4.46. The third-order valence-corrected chi connectivity index (χ3v) is 9.87. The Morgan fingerprint density at radius 1 is 1.19 bits per heavy atom. The number of piperidine rings is 1. The fourth-order valence-corrected chi connectivity index (χ4v) is 7.03. The average molecular weight is 682 g/mol. The smallest absolute Gasteiger partial charge is 0.379 e. The summed E-state index contributed by atoms with van der Waals surface area (Å²) in [5.74, 6) is -6.51. The van der Waals surface area contributed by atoms with Gasteiger partial charge >= 0.3 is 6.18 Å². The van der Waals surface area contributed by atoms with Crippen molar-refractivity contribution in [2.75, 3.05) is 32.8 Å². The quantitative estimate of drug-likeness (QED) is 0.326. The van der Waals surface area contributed by atoms with Gasteiger partial charge in [0.2, 0.25) is 11.8 Å². The number of nitrogens with zero attached hydrogens (tertiary/aromatic N) is 7. The van der Waals surface area contributed by atoms with Crippen LogP contribution in [0.4, 0.5) is 22.0 Å². The van der Waals surface area contributed by atoms with Crippen molar-refractivity contribution in [2.45, 2.75) is 83.1 Å². The Hall–Kier alpha value is -3.73. The average Bonchev–Trinajstić information content (AvgIpc) is 3.71. The predicted octanol–water partition coefficient (Wildman–Crippen LogP) is 3.89. The molecular formula is C31H40F5N9O3. The molecule has 12 nitrogen and oxygen atoms in total. The van der Waals surface area contributed by atoms with E-state index >= 15 is 0 Å². The number of rotatable bonds is 9. The van der Waals surface area contributed by atoms with Crippen molar-refractivity contribution in [1.82, 2.24) is 44.9 Å². The molecule has 2 saturated heterocycles. The van der Waals surface area contributed by atoms with E-state index in [1.807, 2.05) is 13.8 Å². The molecule has 3 aromatic heterocycles. The molecule has 2 amide bonds. The minimum absolute atomic E-state index is 0.0717. The van der Waals surface area contributed by atoms with Crippen LogP contribution in [0.25, 0.3) is 5.78 Å². The first kappa shape index (κ1) is 34.1. The number of amides is 2. The first-order valence-corrected chi connectivity index (χ1v) is 16.5. The Bertz CT molecular complexity index is 1610. The highest BCUT2D eigenvalue weighted by atomic mass is 19.4. The van der Waals surface area contributed by atoms with Gasteiger partial charge in [-0.05, 0) is 45.1 Å². The molecule has 0 radical (unpaired) electrons. The summed E-state index contributed by atoms with van der Waals surface area (Å²) in [6.45, 7) is 5.94. The third kappa shape index (κ3) is 7.31. The van der Waals surface area contributed by atoms with Crippen molar-refractivity contribution < 1.29 is 36.3 Å². The molecule has 0 aromatic carbocycles. The Balaban J connectivity index is 1.37. The second-order valence-electron chi connectivity index (χ2n) is 13.0. The van der Waals surface area contributed by atoms with Crippen molar-refractivity contribution in [2.24, 2.45) is 17.8 Å². The molecule has 1 aliphatic carbocycles. The zero-order valence-electron chi connectivity index (χ0n) is 26.8. The number of halogens is 5. The van der Waals surface area contributed by atoms with Gasteiger partial charge < -0.3 is 15.4 Å². The first-order valence-electron chi connectivity index (χ1n) is 16.5. The van der Waals surface area contributed by atoms with E-state index in [1.54, 1.807) is 12.3 Å². The van der Waals surface area contributed by atoms with E-state index in [9.17, 15) is 31.5 Å². The molecular weight excluding hydrogens is 641 g/mol. The van der Waals surface area contributed by atoms with E-state index in [2.05, 4.69) is 20.6 Å². The van der Waals surface area contributed by atoms with Crippen LogP contribution in [-0.4, -0.2) is 91.0 Å². The topological polar surface area (TPSA) is 132 Å². The normalized spacial score (nSPS) is 23.9. The second kappa shape index (κ2) is 13.6. The largest absolute Gasteiger partial charge is 0.393 e. The third-order valence-electron chi connectivity index (χ3n) is 9.87. The molecule has 6 rings (SSSR count). The van der Waals surface area contributed by atoms with Gasteiger partial charge in [0.1, 0.15) is 5.69 Å². The van der Waals surface area contributed by atoms with Crippen LogP contribution in [0, 0.1) is 17.8 Å². The number of ether oxygens (including phenoxy) is 1. The maximum atomic E-state index is 14.2. The number of imidazole rings is 1. The van der Waals surface area contributed by atoms with Crippen LogP contribution < -0.4 is 10.6 Å². The number of fused-ring (bicyclic) bond motifs is 1. The van der Waals surface area contributed by atoms with Gasteiger partial charge in [0.15, 0.2) is 0 Å². The molecule has 0 unspecified atom stereocenters. The van der Waals surface area contributed by atoms with Crippen molar-refractivity contribution in [3.8, 4) is 0 Å². The van der Waals surface area contributed by atoms with Gasteiger partial charge in [-0.1, -0.05) is 0 Å². The van der Waals surface area contributed by atoms with Crippen molar-refractivity contribution >= 4 is 17.6 Å². The Kier molecular flexibility index (Phi) is 9.71. The van der Waals surface area contributed by atoms with Crippen LogP contribution in [0.2, 0.25) is 0 Å². The van der Waals surface area contributed by atoms with Crippen molar-refractivity contribution in [3.63, 3.8) is 0 Å². The highest BCUT2D eigenvalue weighted by Crippen LogP contribution is 2.41. The number of hydrogen-bond donors (Lipinski definition) is 2. The molecule has 3 fully saturated rings. The number of carbonyl (C=O) groups excluding carboxylic acids is 2. The Morgan fingerprint density at radius 3 is 2.60 bits per heavy atom. The van der Waals surface area contributed by atoms with Crippen molar-refractivity contribution in [1.29, 1.82) is 0 Å². The van der Waals surface area contributed by atoms with E-state index in [0.717, 1.165) is 0 Å². The number of carbonyl (C=O) groups is 2. The summed E-state index contributed by atoms with van der Waals surface area (Å²) in [6.07, 6.45) is -2.16. The number of aryl methyl sites for hydroxylation is 1. The van der Waals surface area contributed by atoms with E-state index < -0.39 is 48.3 Å². The van der Waals surface area contributed by atoms with Gasteiger partial charge in [0, 0.05) is 57.6 Å². The van der Waals surface area contributed by atoms with E-state index in [4.69, 9.17) is 19.8 Å².